The van der Waals surface area contributed by atoms with Crippen LogP contribution in [0.15, 0.2) is 60.8 Å². The van der Waals surface area contributed by atoms with E-state index in [-0.39, 0.29) is 12.1 Å². The highest BCUT2D eigenvalue weighted by atomic mass is 16.3. The van der Waals surface area contributed by atoms with Crippen molar-refractivity contribution in [1.29, 1.82) is 0 Å². The minimum atomic E-state index is -0.442. The van der Waals surface area contributed by atoms with Gasteiger partial charge in [-0.2, -0.15) is 0 Å². The van der Waals surface area contributed by atoms with E-state index in [9.17, 15) is 5.11 Å². The van der Waals surface area contributed by atoms with Gasteiger partial charge in [0, 0.05) is 25.2 Å². The third kappa shape index (κ3) is 16.5. The van der Waals surface area contributed by atoms with Gasteiger partial charge in [0.2, 0.25) is 0 Å². The number of allylic oxidation sites excluding steroid dienone is 4. The van der Waals surface area contributed by atoms with Crippen molar-refractivity contribution in [3.05, 3.63) is 60.8 Å². The number of hydrogen-bond donors (Lipinski definition) is 3. The molecular formula is C24H46N2O. The first-order valence-electron chi connectivity index (χ1n) is 10.4. The third-order valence-corrected chi connectivity index (χ3v) is 3.66. The molecule has 0 rings (SSSR count). The van der Waals surface area contributed by atoms with E-state index in [0.717, 1.165) is 12.0 Å². The van der Waals surface area contributed by atoms with E-state index in [1.165, 1.54) is 5.57 Å². The molecule has 3 nitrogen and oxygen atoms in total. The number of rotatable bonds is 12. The molecule has 0 radical (unpaired) electrons. The van der Waals surface area contributed by atoms with E-state index in [2.05, 4.69) is 49.8 Å². The second-order valence-corrected chi connectivity index (χ2v) is 5.63. The van der Waals surface area contributed by atoms with Crippen LogP contribution in [0.1, 0.15) is 61.8 Å². The Morgan fingerprint density at radius 3 is 1.81 bits per heavy atom. The standard InChI is InChI=1S/C20H34N2O.2C2H6/c1-7-11-18(10-4)16(5)21-14-20(23)15-22-17(6)19(12-8-2)13-9-3;2*1-2/h7-8,10-13,16-17,20-23H,1,4,9,14-15H2,2-3,5-6H3;2*1-2H3. The summed E-state index contributed by atoms with van der Waals surface area (Å²) in [7, 11) is 0. The molecule has 0 spiro atoms. The van der Waals surface area contributed by atoms with E-state index >= 15 is 0 Å². The van der Waals surface area contributed by atoms with Crippen molar-refractivity contribution in [2.24, 2.45) is 0 Å². The number of hydrogen-bond acceptors (Lipinski definition) is 3. The van der Waals surface area contributed by atoms with Gasteiger partial charge in [0.25, 0.3) is 0 Å². The molecule has 0 saturated heterocycles. The Balaban J connectivity index is -0.00000134. The lowest BCUT2D eigenvalue weighted by molar-refractivity contribution is 0.164. The predicted molar refractivity (Wildman–Crippen MR) is 125 cm³/mol. The molecule has 158 valence electrons. The van der Waals surface area contributed by atoms with Crippen molar-refractivity contribution in [3.63, 3.8) is 0 Å². The smallest absolute Gasteiger partial charge is 0.0789 e. The SMILES string of the molecule is C=CC=C(C=C)C(C)NCC(O)CNC(C)C(C=CC)=CCC.CC.CC. The monoisotopic (exact) mass is 378 g/mol. The van der Waals surface area contributed by atoms with Crippen molar-refractivity contribution in [2.45, 2.75) is 80.0 Å². The van der Waals surface area contributed by atoms with Gasteiger partial charge in [0.15, 0.2) is 0 Å². The summed E-state index contributed by atoms with van der Waals surface area (Å²) in [5.74, 6) is 0. The van der Waals surface area contributed by atoms with Gasteiger partial charge in [-0.05, 0) is 38.3 Å². The minimum absolute atomic E-state index is 0.135. The average molecular weight is 379 g/mol. The molecule has 0 aliphatic heterocycles. The lowest BCUT2D eigenvalue weighted by Gasteiger charge is -2.21. The number of aliphatic hydroxyl groups is 1. The van der Waals surface area contributed by atoms with Gasteiger partial charge in [-0.25, -0.2) is 0 Å². The summed E-state index contributed by atoms with van der Waals surface area (Å²) in [6, 6.07) is 0.360. The maximum absolute atomic E-state index is 10.1. The van der Waals surface area contributed by atoms with Crippen LogP contribution in [-0.2, 0) is 0 Å². The summed E-state index contributed by atoms with van der Waals surface area (Å²) in [5, 5.41) is 16.8. The number of aliphatic hydroxyl groups excluding tert-OH is 1. The molecule has 0 saturated carbocycles. The van der Waals surface area contributed by atoms with Crippen molar-refractivity contribution < 1.29 is 5.11 Å². The van der Waals surface area contributed by atoms with E-state index in [1.807, 2.05) is 59.8 Å². The lowest BCUT2D eigenvalue weighted by atomic mass is 10.1. The third-order valence-electron chi connectivity index (χ3n) is 3.66. The molecule has 27 heavy (non-hydrogen) atoms. The molecule has 0 aromatic carbocycles. The molecular weight excluding hydrogens is 332 g/mol. The maximum Gasteiger partial charge on any atom is 0.0789 e. The largest absolute Gasteiger partial charge is 0.390 e. The first-order chi connectivity index (χ1) is 13.0. The summed E-state index contributed by atoms with van der Waals surface area (Å²) in [6.45, 7) is 24.9. The zero-order valence-electron chi connectivity index (χ0n) is 19.2. The predicted octanol–water partition coefficient (Wildman–Crippen LogP) is 5.57. The Morgan fingerprint density at radius 1 is 0.963 bits per heavy atom. The molecule has 0 aliphatic rings. The van der Waals surface area contributed by atoms with Gasteiger partial charge in [0.05, 0.1) is 6.10 Å². The molecule has 3 unspecified atom stereocenters. The molecule has 0 bridgehead atoms. The second-order valence-electron chi connectivity index (χ2n) is 5.63. The fourth-order valence-electron chi connectivity index (χ4n) is 2.28. The van der Waals surface area contributed by atoms with Crippen molar-refractivity contribution in [3.8, 4) is 0 Å². The van der Waals surface area contributed by atoms with Crippen LogP contribution in [-0.4, -0.2) is 36.4 Å². The Bertz CT molecular complexity index is 436. The molecule has 0 aromatic heterocycles. The van der Waals surface area contributed by atoms with Crippen LogP contribution >= 0.6 is 0 Å². The first-order valence-corrected chi connectivity index (χ1v) is 10.4. The van der Waals surface area contributed by atoms with Crippen LogP contribution in [0.5, 0.6) is 0 Å². The zero-order chi connectivity index (χ0) is 21.7. The van der Waals surface area contributed by atoms with Crippen molar-refractivity contribution >= 4 is 0 Å². The molecule has 0 amide bonds. The van der Waals surface area contributed by atoms with Crippen molar-refractivity contribution in [1.82, 2.24) is 10.6 Å². The van der Waals surface area contributed by atoms with Crippen LogP contribution in [0.25, 0.3) is 0 Å². The van der Waals surface area contributed by atoms with Crippen LogP contribution in [0.2, 0.25) is 0 Å². The Hall–Kier alpha value is -1.42. The summed E-state index contributed by atoms with van der Waals surface area (Å²) in [5.41, 5.74) is 2.32. The van der Waals surface area contributed by atoms with Crippen molar-refractivity contribution in [2.75, 3.05) is 13.1 Å². The molecule has 0 aliphatic carbocycles. The molecule has 0 heterocycles. The van der Waals surface area contributed by atoms with Crippen LogP contribution in [0.3, 0.4) is 0 Å². The van der Waals surface area contributed by atoms with Gasteiger partial charge >= 0.3 is 0 Å². The topological polar surface area (TPSA) is 44.3 Å². The second kappa shape index (κ2) is 22.6. The summed E-state index contributed by atoms with van der Waals surface area (Å²) in [6.07, 6.45) is 12.4. The average Bonchev–Trinajstić information content (AvgIpc) is 2.71. The van der Waals surface area contributed by atoms with E-state index in [0.29, 0.717) is 13.1 Å². The lowest BCUT2D eigenvalue weighted by Crippen LogP contribution is -2.42. The quantitative estimate of drug-likeness (QED) is 0.389. The molecule has 3 N–H and O–H groups in total. The van der Waals surface area contributed by atoms with Gasteiger partial charge in [-0.3, -0.25) is 0 Å². The van der Waals surface area contributed by atoms with E-state index in [1.54, 1.807) is 6.08 Å². The molecule has 3 atom stereocenters. The van der Waals surface area contributed by atoms with Crippen LogP contribution < -0.4 is 10.6 Å². The number of nitrogens with one attached hydrogen (secondary N) is 2. The summed E-state index contributed by atoms with van der Waals surface area (Å²) >= 11 is 0. The van der Waals surface area contributed by atoms with E-state index < -0.39 is 6.10 Å². The highest BCUT2D eigenvalue weighted by Crippen LogP contribution is 2.06. The summed E-state index contributed by atoms with van der Waals surface area (Å²) < 4.78 is 0. The Morgan fingerprint density at radius 2 is 1.44 bits per heavy atom. The van der Waals surface area contributed by atoms with Crippen LogP contribution in [0, 0.1) is 0 Å². The highest BCUT2D eigenvalue weighted by molar-refractivity contribution is 5.26. The van der Waals surface area contributed by atoms with Crippen LogP contribution in [0.4, 0.5) is 0 Å². The first kappa shape index (κ1) is 30.3. The Labute approximate surface area is 170 Å². The molecule has 0 aromatic rings. The van der Waals surface area contributed by atoms with E-state index in [4.69, 9.17) is 0 Å². The van der Waals surface area contributed by atoms with Gasteiger partial charge in [-0.15, -0.1) is 0 Å². The fourth-order valence-corrected chi connectivity index (χ4v) is 2.28. The summed E-state index contributed by atoms with van der Waals surface area (Å²) in [4.78, 5) is 0. The van der Waals surface area contributed by atoms with Gasteiger partial charge < -0.3 is 15.7 Å². The highest BCUT2D eigenvalue weighted by Gasteiger charge is 2.11. The Kier molecular flexibility index (Phi) is 25.4. The molecule has 0 fully saturated rings. The zero-order valence-corrected chi connectivity index (χ0v) is 19.2. The molecule has 3 heteroatoms. The van der Waals surface area contributed by atoms with Gasteiger partial charge in [-0.1, -0.05) is 84.2 Å². The maximum atomic E-state index is 10.1. The normalized spacial score (nSPS) is 15.0. The van der Waals surface area contributed by atoms with Gasteiger partial charge in [0.1, 0.15) is 0 Å². The fraction of sp³-hybridized carbons (Fsp3) is 0.583. The minimum Gasteiger partial charge on any atom is -0.390 e.